The fraction of sp³-hybridized carbons (Fsp3) is 0.400. The molecular weight excluding hydrogens is 291 g/mol. The fourth-order valence-electron chi connectivity index (χ4n) is 2.14. The minimum absolute atomic E-state index is 0.177. The van der Waals surface area contributed by atoms with Crippen molar-refractivity contribution >= 4 is 23.1 Å². The molecule has 20 heavy (non-hydrogen) atoms. The molecule has 1 N–H and O–H groups in total. The first kappa shape index (κ1) is 14.0. The number of thioether (sulfide) groups is 1. The van der Waals surface area contributed by atoms with E-state index in [0.717, 1.165) is 22.2 Å². The molecule has 5 heteroatoms. The van der Waals surface area contributed by atoms with E-state index in [-0.39, 0.29) is 5.82 Å². The van der Waals surface area contributed by atoms with Crippen molar-refractivity contribution in [2.24, 2.45) is 0 Å². The number of thiazole rings is 1. The van der Waals surface area contributed by atoms with E-state index in [1.165, 1.54) is 29.5 Å². The smallest absolute Gasteiger partial charge is 0.124 e. The van der Waals surface area contributed by atoms with Crippen LogP contribution in [0, 0.1) is 5.82 Å². The van der Waals surface area contributed by atoms with Gasteiger partial charge in [0.05, 0.1) is 11.4 Å². The van der Waals surface area contributed by atoms with Gasteiger partial charge in [-0.1, -0.05) is 6.07 Å². The van der Waals surface area contributed by atoms with E-state index in [1.54, 1.807) is 35.2 Å². The molecule has 1 fully saturated rings. The maximum atomic E-state index is 13.1. The third-order valence-corrected chi connectivity index (χ3v) is 5.49. The topological polar surface area (TPSA) is 24.9 Å². The number of nitrogens with one attached hydrogen (secondary N) is 1. The number of nitrogens with zero attached hydrogens (tertiary/aromatic N) is 1. The fourth-order valence-corrected chi connectivity index (χ4v) is 4.24. The molecule has 0 aliphatic heterocycles. The molecule has 1 aromatic carbocycles. The third-order valence-electron chi connectivity index (χ3n) is 3.23. The van der Waals surface area contributed by atoms with Gasteiger partial charge >= 0.3 is 0 Å². The van der Waals surface area contributed by atoms with E-state index >= 15 is 0 Å². The molecule has 1 aliphatic carbocycles. The molecule has 2 nitrogen and oxygen atoms in total. The first-order valence-corrected chi connectivity index (χ1v) is 8.58. The average molecular weight is 308 g/mol. The molecule has 0 spiro atoms. The Labute approximate surface area is 126 Å². The molecular formula is C15H17FN2S2. The summed E-state index contributed by atoms with van der Waals surface area (Å²) in [5.41, 5.74) is 1.29. The summed E-state index contributed by atoms with van der Waals surface area (Å²) in [6.45, 7) is 0.897. The van der Waals surface area contributed by atoms with Gasteiger partial charge in [-0.2, -0.15) is 0 Å². The molecule has 0 bridgehead atoms. The summed E-state index contributed by atoms with van der Waals surface area (Å²) in [6, 6.07) is 6.75. The van der Waals surface area contributed by atoms with Crippen molar-refractivity contribution < 1.29 is 4.39 Å². The Morgan fingerprint density at radius 1 is 1.45 bits per heavy atom. The minimum Gasteiger partial charge on any atom is -0.315 e. The van der Waals surface area contributed by atoms with E-state index in [0.29, 0.717) is 5.92 Å². The van der Waals surface area contributed by atoms with Crippen LogP contribution in [0.3, 0.4) is 0 Å². The van der Waals surface area contributed by atoms with Crippen LogP contribution < -0.4 is 5.32 Å². The highest BCUT2D eigenvalue weighted by Gasteiger charge is 2.29. The zero-order valence-corrected chi connectivity index (χ0v) is 13.0. The summed E-state index contributed by atoms with van der Waals surface area (Å²) in [4.78, 5) is 7.12. The van der Waals surface area contributed by atoms with Gasteiger partial charge in [0.25, 0.3) is 0 Å². The predicted molar refractivity (Wildman–Crippen MR) is 82.8 cm³/mol. The zero-order valence-electron chi connectivity index (χ0n) is 11.4. The summed E-state index contributed by atoms with van der Waals surface area (Å²) in [5, 5.41) is 4.36. The molecule has 1 saturated carbocycles. The molecule has 0 radical (unpaired) electrons. The number of aromatic nitrogens is 1. The maximum Gasteiger partial charge on any atom is 0.124 e. The van der Waals surface area contributed by atoms with Gasteiger partial charge in [0.1, 0.15) is 10.8 Å². The second kappa shape index (κ2) is 6.24. The standard InChI is InChI=1S/C15H17FN2S2/c1-17-8-13-15(10-5-6-10)18-14(20-13)9-19-12-4-2-3-11(16)7-12/h2-4,7,10,17H,5-6,8-9H2,1H3. The summed E-state index contributed by atoms with van der Waals surface area (Å²) in [5.74, 6) is 1.32. The van der Waals surface area contributed by atoms with Crippen molar-refractivity contribution in [2.75, 3.05) is 7.05 Å². The second-order valence-corrected chi connectivity index (χ2v) is 7.18. The Hall–Kier alpha value is -0.910. The molecule has 0 saturated heterocycles. The number of hydrogen-bond donors (Lipinski definition) is 1. The highest BCUT2D eigenvalue weighted by molar-refractivity contribution is 7.98. The van der Waals surface area contributed by atoms with Crippen molar-refractivity contribution in [1.29, 1.82) is 0 Å². The Balaban J connectivity index is 1.69. The third kappa shape index (κ3) is 3.40. The van der Waals surface area contributed by atoms with Crippen LogP contribution in [0.2, 0.25) is 0 Å². The Bertz CT molecular complexity index is 593. The van der Waals surface area contributed by atoms with E-state index in [2.05, 4.69) is 5.32 Å². The van der Waals surface area contributed by atoms with Gasteiger partial charge in [0, 0.05) is 22.2 Å². The highest BCUT2D eigenvalue weighted by atomic mass is 32.2. The van der Waals surface area contributed by atoms with Crippen LogP contribution in [-0.4, -0.2) is 12.0 Å². The molecule has 1 heterocycles. The number of hydrogen-bond acceptors (Lipinski definition) is 4. The lowest BCUT2D eigenvalue weighted by Crippen LogP contribution is -2.05. The van der Waals surface area contributed by atoms with Crippen LogP contribution in [0.4, 0.5) is 4.39 Å². The van der Waals surface area contributed by atoms with Gasteiger partial charge in [-0.25, -0.2) is 9.37 Å². The molecule has 3 rings (SSSR count). The number of rotatable bonds is 6. The first-order chi connectivity index (χ1) is 9.76. The quantitative estimate of drug-likeness (QED) is 0.811. The van der Waals surface area contributed by atoms with Gasteiger partial charge in [0.2, 0.25) is 0 Å². The van der Waals surface area contributed by atoms with Crippen LogP contribution in [0.1, 0.15) is 34.3 Å². The molecule has 2 aromatic rings. The van der Waals surface area contributed by atoms with Crippen molar-refractivity contribution in [3.63, 3.8) is 0 Å². The van der Waals surface area contributed by atoms with Gasteiger partial charge in [-0.05, 0) is 38.1 Å². The van der Waals surface area contributed by atoms with Gasteiger partial charge in [-0.3, -0.25) is 0 Å². The lowest BCUT2D eigenvalue weighted by Gasteiger charge is -1.98. The van der Waals surface area contributed by atoms with E-state index < -0.39 is 0 Å². The summed E-state index contributed by atoms with van der Waals surface area (Å²) < 4.78 is 13.1. The van der Waals surface area contributed by atoms with Gasteiger partial charge in [0.15, 0.2) is 0 Å². The van der Waals surface area contributed by atoms with Crippen LogP contribution >= 0.6 is 23.1 Å². The lowest BCUT2D eigenvalue weighted by atomic mass is 10.2. The SMILES string of the molecule is CNCc1sc(CSc2cccc(F)c2)nc1C1CC1. The largest absolute Gasteiger partial charge is 0.315 e. The lowest BCUT2D eigenvalue weighted by molar-refractivity contribution is 0.624. The van der Waals surface area contributed by atoms with E-state index in [4.69, 9.17) is 4.98 Å². The molecule has 0 atom stereocenters. The van der Waals surface area contributed by atoms with E-state index in [1.807, 2.05) is 13.1 Å². The van der Waals surface area contributed by atoms with Gasteiger partial charge < -0.3 is 5.32 Å². The minimum atomic E-state index is -0.177. The number of benzene rings is 1. The monoisotopic (exact) mass is 308 g/mol. The van der Waals surface area contributed by atoms with Crippen molar-refractivity contribution in [3.8, 4) is 0 Å². The van der Waals surface area contributed by atoms with Gasteiger partial charge in [-0.15, -0.1) is 23.1 Å². The normalized spacial score (nSPS) is 14.7. The molecule has 106 valence electrons. The predicted octanol–water partition coefficient (Wildman–Crippen LogP) is 4.17. The highest BCUT2D eigenvalue weighted by Crippen LogP contribution is 2.43. The second-order valence-electron chi connectivity index (χ2n) is 4.97. The van der Waals surface area contributed by atoms with Crippen molar-refractivity contribution in [1.82, 2.24) is 10.3 Å². The Morgan fingerprint density at radius 2 is 2.30 bits per heavy atom. The van der Waals surface area contributed by atoms with Crippen LogP contribution in [0.5, 0.6) is 0 Å². The molecule has 0 unspecified atom stereocenters. The number of halogens is 1. The summed E-state index contributed by atoms with van der Waals surface area (Å²) >= 11 is 3.44. The van der Waals surface area contributed by atoms with Crippen molar-refractivity contribution in [3.05, 3.63) is 45.7 Å². The molecule has 1 aliphatic rings. The molecule has 1 aromatic heterocycles. The average Bonchev–Trinajstić information content (AvgIpc) is 3.20. The van der Waals surface area contributed by atoms with E-state index in [9.17, 15) is 4.39 Å². The van der Waals surface area contributed by atoms with Crippen LogP contribution in [-0.2, 0) is 12.3 Å². The molecule has 0 amide bonds. The Morgan fingerprint density at radius 3 is 3.00 bits per heavy atom. The zero-order chi connectivity index (χ0) is 13.9. The first-order valence-electron chi connectivity index (χ1n) is 6.77. The van der Waals surface area contributed by atoms with Crippen molar-refractivity contribution in [2.45, 2.75) is 36.0 Å². The summed E-state index contributed by atoms with van der Waals surface area (Å²) in [7, 11) is 1.97. The van der Waals surface area contributed by atoms with Crippen LogP contribution in [0.25, 0.3) is 0 Å². The maximum absolute atomic E-state index is 13.1. The van der Waals surface area contributed by atoms with Crippen LogP contribution in [0.15, 0.2) is 29.2 Å². The Kier molecular flexibility index (Phi) is 4.38. The summed E-state index contributed by atoms with van der Waals surface area (Å²) in [6.07, 6.45) is 2.55.